The number of carbonyl (C=O) groups excluding carboxylic acids is 3. The summed E-state index contributed by atoms with van der Waals surface area (Å²) < 4.78 is 10.6. The number of aryl methyl sites for hydroxylation is 1. The molecule has 0 bridgehead atoms. The normalized spacial score (nSPS) is 9.89. The molecule has 0 spiro atoms. The summed E-state index contributed by atoms with van der Waals surface area (Å²) in [7, 11) is 2.43. The first-order chi connectivity index (χ1) is 12.4. The van der Waals surface area contributed by atoms with Crippen molar-refractivity contribution in [1.82, 2.24) is 9.78 Å². The Morgan fingerprint density at radius 1 is 1.15 bits per heavy atom. The first-order valence-corrected chi connectivity index (χ1v) is 8.42. The molecule has 2 N–H and O–H groups in total. The molecular weight excluding hydrogens is 396 g/mol. The topological polar surface area (TPSA) is 123 Å². The minimum absolute atomic E-state index is 0. The summed E-state index contributed by atoms with van der Waals surface area (Å²) in [6.07, 6.45) is 0.675. The molecule has 2 rings (SSSR count). The van der Waals surface area contributed by atoms with Crippen molar-refractivity contribution in [2.75, 3.05) is 19.5 Å². The molecule has 0 fully saturated rings. The lowest BCUT2D eigenvalue weighted by Crippen LogP contribution is -2.25. The highest BCUT2D eigenvalue weighted by atomic mass is 35.5. The average Bonchev–Trinajstić information content (AvgIpc) is 2.99. The summed E-state index contributed by atoms with van der Waals surface area (Å²) >= 11 is 1.20. The monoisotopic (exact) mass is 414 g/mol. The van der Waals surface area contributed by atoms with Gasteiger partial charge in [-0.25, -0.2) is 14.3 Å². The average molecular weight is 415 g/mol. The highest BCUT2D eigenvalue weighted by Crippen LogP contribution is 2.17. The van der Waals surface area contributed by atoms with Crippen molar-refractivity contribution < 1.29 is 23.9 Å². The van der Waals surface area contributed by atoms with Gasteiger partial charge >= 0.3 is 11.9 Å². The number of amides is 1. The van der Waals surface area contributed by atoms with Crippen LogP contribution >= 0.6 is 23.7 Å². The number of benzene rings is 1. The number of esters is 2. The molecule has 0 radical (unpaired) electrons. The summed E-state index contributed by atoms with van der Waals surface area (Å²) in [4.78, 5) is 35.9. The predicted octanol–water partition coefficient (Wildman–Crippen LogP) is 1.62. The Morgan fingerprint density at radius 2 is 1.70 bits per heavy atom. The second-order valence-electron chi connectivity index (χ2n) is 5.14. The maximum absolute atomic E-state index is 12.3. The number of rotatable bonds is 6. The van der Waals surface area contributed by atoms with Crippen molar-refractivity contribution in [3.8, 4) is 0 Å². The number of ether oxygens (including phenoxy) is 2. The number of anilines is 1. The van der Waals surface area contributed by atoms with Gasteiger partial charge in [0.15, 0.2) is 0 Å². The highest BCUT2D eigenvalue weighted by Gasteiger charge is 2.15. The zero-order chi connectivity index (χ0) is 19.3. The van der Waals surface area contributed by atoms with E-state index in [0.717, 1.165) is 5.01 Å². The van der Waals surface area contributed by atoms with Crippen LogP contribution in [0.4, 0.5) is 5.69 Å². The third-order valence-corrected chi connectivity index (χ3v) is 4.35. The molecular formula is C16H19ClN4O5S. The number of hydrogen-bond acceptors (Lipinski definition) is 8. The second kappa shape index (κ2) is 9.83. The third kappa shape index (κ3) is 5.63. The minimum atomic E-state index is -0.652. The SMILES string of the molecule is CCc1nn(CC(=O)Nc2cc(C(=O)OC)cc(C(=O)OC)c2)c(=N)s1.Cl. The molecule has 0 aliphatic carbocycles. The molecule has 0 atom stereocenters. The molecule has 2 aromatic rings. The molecule has 0 saturated carbocycles. The summed E-state index contributed by atoms with van der Waals surface area (Å²) in [6, 6.07) is 4.10. The van der Waals surface area contributed by atoms with Crippen LogP contribution in [0.3, 0.4) is 0 Å². The van der Waals surface area contributed by atoms with E-state index in [2.05, 4.69) is 19.9 Å². The number of hydrogen-bond donors (Lipinski definition) is 2. The summed E-state index contributed by atoms with van der Waals surface area (Å²) in [5, 5.41) is 15.3. The number of methoxy groups -OCH3 is 2. The van der Waals surface area contributed by atoms with E-state index in [4.69, 9.17) is 5.41 Å². The standard InChI is InChI=1S/C16H18N4O5S.ClH/c1-4-13-19-20(16(17)26-13)8-12(21)18-11-6-9(14(22)24-2)5-10(7-11)15(23)25-3;/h5-7,17H,4,8H2,1-3H3,(H,18,21);1H. The summed E-state index contributed by atoms with van der Waals surface area (Å²) in [5.41, 5.74) is 0.430. The Kier molecular flexibility index (Phi) is 8.13. The molecule has 1 amide bonds. The Labute approximate surface area is 165 Å². The maximum Gasteiger partial charge on any atom is 0.337 e. The van der Waals surface area contributed by atoms with Gasteiger partial charge in [0, 0.05) is 5.69 Å². The van der Waals surface area contributed by atoms with Crippen LogP contribution in [-0.4, -0.2) is 41.8 Å². The Bertz CT molecular complexity index is 874. The molecule has 146 valence electrons. The first kappa shape index (κ1) is 22.3. The van der Waals surface area contributed by atoms with Gasteiger partial charge in [0.2, 0.25) is 10.7 Å². The minimum Gasteiger partial charge on any atom is -0.465 e. The summed E-state index contributed by atoms with van der Waals surface area (Å²) in [6.45, 7) is 1.75. The van der Waals surface area contributed by atoms with Crippen LogP contribution in [-0.2, 0) is 27.2 Å². The lowest BCUT2D eigenvalue weighted by molar-refractivity contribution is -0.117. The first-order valence-electron chi connectivity index (χ1n) is 7.61. The van der Waals surface area contributed by atoms with E-state index in [1.165, 1.54) is 48.4 Å². The Hall–Kier alpha value is -2.72. The van der Waals surface area contributed by atoms with Gasteiger partial charge < -0.3 is 14.8 Å². The number of aromatic nitrogens is 2. The predicted molar refractivity (Wildman–Crippen MR) is 100 cm³/mol. The van der Waals surface area contributed by atoms with E-state index in [-0.39, 0.29) is 40.6 Å². The van der Waals surface area contributed by atoms with E-state index in [9.17, 15) is 14.4 Å². The van der Waals surface area contributed by atoms with E-state index in [1.54, 1.807) is 0 Å². The molecule has 0 aliphatic heterocycles. The fourth-order valence-corrected chi connectivity index (χ4v) is 2.84. The fraction of sp³-hybridized carbons (Fsp3) is 0.312. The molecule has 27 heavy (non-hydrogen) atoms. The van der Waals surface area contributed by atoms with Gasteiger partial charge in [-0.1, -0.05) is 18.3 Å². The van der Waals surface area contributed by atoms with Crippen molar-refractivity contribution in [2.45, 2.75) is 19.9 Å². The van der Waals surface area contributed by atoms with Crippen LogP contribution in [0.1, 0.15) is 32.6 Å². The molecule has 9 nitrogen and oxygen atoms in total. The summed E-state index contributed by atoms with van der Waals surface area (Å²) in [5.74, 6) is -1.75. The third-order valence-electron chi connectivity index (χ3n) is 3.34. The molecule has 0 aliphatic rings. The van der Waals surface area contributed by atoms with Gasteiger partial charge in [-0.05, 0) is 24.6 Å². The van der Waals surface area contributed by atoms with Crippen molar-refractivity contribution in [2.24, 2.45) is 0 Å². The van der Waals surface area contributed by atoms with Crippen LogP contribution in [0.5, 0.6) is 0 Å². The molecule has 0 saturated heterocycles. The van der Waals surface area contributed by atoms with Crippen LogP contribution in [0.25, 0.3) is 0 Å². The number of nitrogens with one attached hydrogen (secondary N) is 2. The Morgan fingerprint density at radius 3 is 2.15 bits per heavy atom. The van der Waals surface area contributed by atoms with E-state index >= 15 is 0 Å². The second-order valence-corrected chi connectivity index (χ2v) is 6.20. The van der Waals surface area contributed by atoms with Crippen LogP contribution < -0.4 is 10.1 Å². The quantitative estimate of drug-likeness (QED) is 0.692. The van der Waals surface area contributed by atoms with Crippen molar-refractivity contribution in [1.29, 1.82) is 5.41 Å². The van der Waals surface area contributed by atoms with E-state index in [1.807, 2.05) is 6.92 Å². The van der Waals surface area contributed by atoms with Crippen LogP contribution in [0.15, 0.2) is 18.2 Å². The zero-order valence-corrected chi connectivity index (χ0v) is 16.5. The lowest BCUT2D eigenvalue weighted by atomic mass is 10.1. The van der Waals surface area contributed by atoms with E-state index in [0.29, 0.717) is 6.42 Å². The van der Waals surface area contributed by atoms with Gasteiger partial charge in [-0.3, -0.25) is 10.2 Å². The largest absolute Gasteiger partial charge is 0.465 e. The van der Waals surface area contributed by atoms with Crippen LogP contribution in [0, 0.1) is 5.41 Å². The maximum atomic E-state index is 12.3. The molecule has 11 heteroatoms. The van der Waals surface area contributed by atoms with Crippen molar-refractivity contribution in [3.05, 3.63) is 39.1 Å². The fourth-order valence-electron chi connectivity index (χ4n) is 2.12. The van der Waals surface area contributed by atoms with Gasteiger partial charge in [0.05, 0.1) is 25.3 Å². The highest BCUT2D eigenvalue weighted by molar-refractivity contribution is 7.08. The molecule has 1 aromatic heterocycles. The molecule has 0 unspecified atom stereocenters. The molecule has 1 heterocycles. The number of nitrogens with zero attached hydrogens (tertiary/aromatic N) is 2. The van der Waals surface area contributed by atoms with Crippen molar-refractivity contribution in [3.63, 3.8) is 0 Å². The van der Waals surface area contributed by atoms with E-state index < -0.39 is 17.8 Å². The van der Waals surface area contributed by atoms with Crippen molar-refractivity contribution >= 4 is 47.3 Å². The lowest BCUT2D eigenvalue weighted by Gasteiger charge is -2.09. The number of carbonyl (C=O) groups is 3. The van der Waals surface area contributed by atoms with Crippen LogP contribution in [0.2, 0.25) is 0 Å². The number of halogens is 1. The Balaban J connectivity index is 0.00000364. The molecule has 1 aromatic carbocycles. The smallest absolute Gasteiger partial charge is 0.337 e. The van der Waals surface area contributed by atoms with Gasteiger partial charge in [-0.2, -0.15) is 5.10 Å². The zero-order valence-electron chi connectivity index (χ0n) is 14.9. The van der Waals surface area contributed by atoms with Gasteiger partial charge in [0.1, 0.15) is 11.6 Å². The van der Waals surface area contributed by atoms with Gasteiger partial charge in [0.25, 0.3) is 0 Å². The van der Waals surface area contributed by atoms with Gasteiger partial charge in [-0.15, -0.1) is 12.4 Å².